The maximum atomic E-state index is 13.7. The van der Waals surface area contributed by atoms with E-state index in [4.69, 9.17) is 16.3 Å². The molecule has 0 radical (unpaired) electrons. The molecule has 0 fully saturated rings. The number of nitrogens with one attached hydrogen (secondary N) is 1. The van der Waals surface area contributed by atoms with Crippen LogP contribution in [-0.4, -0.2) is 42.2 Å². The third kappa shape index (κ3) is 9.45. The van der Waals surface area contributed by atoms with Crippen molar-refractivity contribution in [2.75, 3.05) is 19.4 Å². The van der Waals surface area contributed by atoms with E-state index in [-0.39, 0.29) is 17.6 Å². The Morgan fingerprint density at radius 2 is 1.70 bits per heavy atom. The molecule has 37 heavy (non-hydrogen) atoms. The van der Waals surface area contributed by atoms with E-state index < -0.39 is 6.04 Å². The molecule has 5 nitrogen and oxygen atoms in total. The van der Waals surface area contributed by atoms with Crippen LogP contribution in [0.15, 0.2) is 78.9 Å². The summed E-state index contributed by atoms with van der Waals surface area (Å²) in [7, 11) is 1.62. The van der Waals surface area contributed by atoms with Gasteiger partial charge in [0, 0.05) is 30.3 Å². The van der Waals surface area contributed by atoms with Crippen LogP contribution in [0.25, 0.3) is 0 Å². The maximum absolute atomic E-state index is 13.7. The standard InChI is InChI=1S/C30H35ClN2O3S/c1-3-4-17-32-30(35)28(19-23-9-6-5-7-10-23)33(20-25-11-8-12-27(18-25)36-2)29(34)22-37-21-24-13-15-26(31)16-14-24/h5-16,18,28H,3-4,17,19-22H2,1-2H3,(H,32,35)/t28-/m1/s1. The summed E-state index contributed by atoms with van der Waals surface area (Å²) < 4.78 is 5.39. The predicted molar refractivity (Wildman–Crippen MR) is 153 cm³/mol. The number of benzene rings is 3. The van der Waals surface area contributed by atoms with E-state index in [9.17, 15) is 9.59 Å². The molecule has 196 valence electrons. The Balaban J connectivity index is 1.84. The Kier molecular flexibility index (Phi) is 11.9. The van der Waals surface area contributed by atoms with Gasteiger partial charge in [0.1, 0.15) is 11.8 Å². The molecular weight excluding hydrogens is 504 g/mol. The van der Waals surface area contributed by atoms with Crippen LogP contribution in [0.4, 0.5) is 0 Å². The van der Waals surface area contributed by atoms with Crippen molar-refractivity contribution in [3.8, 4) is 5.75 Å². The number of ether oxygens (including phenoxy) is 1. The SMILES string of the molecule is CCCCNC(=O)[C@@H](Cc1ccccc1)N(Cc1cccc(OC)c1)C(=O)CSCc1ccc(Cl)cc1. The minimum absolute atomic E-state index is 0.0756. The second-order valence-electron chi connectivity index (χ2n) is 8.84. The minimum Gasteiger partial charge on any atom is -0.497 e. The van der Waals surface area contributed by atoms with Gasteiger partial charge in [-0.25, -0.2) is 0 Å². The van der Waals surface area contributed by atoms with Crippen molar-refractivity contribution in [1.82, 2.24) is 10.2 Å². The topological polar surface area (TPSA) is 58.6 Å². The first kappa shape index (κ1) is 28.6. The molecule has 0 saturated heterocycles. The number of hydrogen-bond donors (Lipinski definition) is 1. The minimum atomic E-state index is -0.630. The van der Waals surface area contributed by atoms with E-state index in [0.29, 0.717) is 36.0 Å². The zero-order chi connectivity index (χ0) is 26.5. The van der Waals surface area contributed by atoms with Gasteiger partial charge in [-0.1, -0.05) is 79.5 Å². The molecule has 0 aliphatic heterocycles. The Labute approximate surface area is 229 Å². The van der Waals surface area contributed by atoms with Gasteiger partial charge in [0.2, 0.25) is 11.8 Å². The van der Waals surface area contributed by atoms with Crippen molar-refractivity contribution in [3.63, 3.8) is 0 Å². The Bertz CT molecular complexity index is 1130. The van der Waals surface area contributed by atoms with Crippen molar-refractivity contribution >= 4 is 35.2 Å². The highest BCUT2D eigenvalue weighted by molar-refractivity contribution is 7.99. The molecular formula is C30H35ClN2O3S. The quantitative estimate of drug-likeness (QED) is 0.250. The maximum Gasteiger partial charge on any atom is 0.243 e. The van der Waals surface area contributed by atoms with E-state index in [1.807, 2.05) is 78.9 Å². The lowest BCUT2D eigenvalue weighted by atomic mass is 10.0. The summed E-state index contributed by atoms with van der Waals surface area (Å²) in [5.41, 5.74) is 3.02. The van der Waals surface area contributed by atoms with Gasteiger partial charge in [0.05, 0.1) is 12.9 Å². The van der Waals surface area contributed by atoms with E-state index in [2.05, 4.69) is 12.2 Å². The summed E-state index contributed by atoms with van der Waals surface area (Å²) in [6.07, 6.45) is 2.32. The number of thioether (sulfide) groups is 1. The number of nitrogens with zero attached hydrogens (tertiary/aromatic N) is 1. The molecule has 0 aliphatic rings. The molecule has 0 saturated carbocycles. The van der Waals surface area contributed by atoms with Crippen LogP contribution < -0.4 is 10.1 Å². The molecule has 3 aromatic carbocycles. The average Bonchev–Trinajstić information content (AvgIpc) is 2.92. The average molecular weight is 539 g/mol. The number of unbranched alkanes of at least 4 members (excludes halogenated alkanes) is 1. The highest BCUT2D eigenvalue weighted by atomic mass is 35.5. The van der Waals surface area contributed by atoms with Gasteiger partial charge in [-0.05, 0) is 47.4 Å². The summed E-state index contributed by atoms with van der Waals surface area (Å²) in [6, 6.07) is 24.5. The molecule has 3 rings (SSSR count). The number of halogens is 1. The largest absolute Gasteiger partial charge is 0.497 e. The van der Waals surface area contributed by atoms with Crippen LogP contribution in [0.5, 0.6) is 5.75 Å². The molecule has 2 amide bonds. The first-order valence-corrected chi connectivity index (χ1v) is 14.1. The van der Waals surface area contributed by atoms with Gasteiger partial charge in [0.25, 0.3) is 0 Å². The van der Waals surface area contributed by atoms with E-state index >= 15 is 0 Å². The number of carbonyl (C=O) groups excluding carboxylic acids is 2. The van der Waals surface area contributed by atoms with Gasteiger partial charge in [-0.15, -0.1) is 11.8 Å². The van der Waals surface area contributed by atoms with Gasteiger partial charge in [-0.2, -0.15) is 0 Å². The molecule has 0 aliphatic carbocycles. The Morgan fingerprint density at radius 1 is 0.973 bits per heavy atom. The molecule has 0 unspecified atom stereocenters. The summed E-state index contributed by atoms with van der Waals surface area (Å²) in [5.74, 6) is 1.46. The highest BCUT2D eigenvalue weighted by Crippen LogP contribution is 2.21. The second kappa shape index (κ2) is 15.3. The van der Waals surface area contributed by atoms with Crippen LogP contribution in [0, 0.1) is 0 Å². The fourth-order valence-electron chi connectivity index (χ4n) is 3.95. The first-order chi connectivity index (χ1) is 18.0. The van der Waals surface area contributed by atoms with Crippen LogP contribution in [-0.2, 0) is 28.3 Å². The van der Waals surface area contributed by atoms with Gasteiger partial charge < -0.3 is 15.0 Å². The van der Waals surface area contributed by atoms with E-state index in [1.165, 1.54) is 11.8 Å². The van der Waals surface area contributed by atoms with Gasteiger partial charge >= 0.3 is 0 Å². The fourth-order valence-corrected chi connectivity index (χ4v) is 4.94. The summed E-state index contributed by atoms with van der Waals surface area (Å²) >= 11 is 7.53. The number of methoxy groups -OCH3 is 1. The van der Waals surface area contributed by atoms with Crippen LogP contribution >= 0.6 is 23.4 Å². The van der Waals surface area contributed by atoms with Crippen LogP contribution in [0.3, 0.4) is 0 Å². The molecule has 0 heterocycles. The third-order valence-corrected chi connectivity index (χ3v) is 7.24. The fraction of sp³-hybridized carbons (Fsp3) is 0.333. The summed E-state index contributed by atoms with van der Waals surface area (Å²) in [4.78, 5) is 28.9. The van der Waals surface area contributed by atoms with Crippen LogP contribution in [0.1, 0.15) is 36.5 Å². The summed E-state index contributed by atoms with van der Waals surface area (Å²) in [5, 5.41) is 3.75. The van der Waals surface area contributed by atoms with Gasteiger partial charge in [0.15, 0.2) is 0 Å². The lowest BCUT2D eigenvalue weighted by Gasteiger charge is -2.31. The molecule has 3 aromatic rings. The molecule has 7 heteroatoms. The summed E-state index contributed by atoms with van der Waals surface area (Å²) in [6.45, 7) is 2.99. The smallest absolute Gasteiger partial charge is 0.243 e. The van der Waals surface area contributed by atoms with Gasteiger partial charge in [-0.3, -0.25) is 9.59 Å². The van der Waals surface area contributed by atoms with Crippen LogP contribution in [0.2, 0.25) is 5.02 Å². The lowest BCUT2D eigenvalue weighted by molar-refractivity contribution is -0.139. The predicted octanol–water partition coefficient (Wildman–Crippen LogP) is 6.14. The molecule has 0 aromatic heterocycles. The zero-order valence-electron chi connectivity index (χ0n) is 21.5. The number of hydrogen-bond acceptors (Lipinski definition) is 4. The van der Waals surface area contributed by atoms with Crippen molar-refractivity contribution in [2.24, 2.45) is 0 Å². The highest BCUT2D eigenvalue weighted by Gasteiger charge is 2.30. The van der Waals surface area contributed by atoms with E-state index in [1.54, 1.807) is 12.0 Å². The molecule has 1 N–H and O–H groups in total. The number of rotatable bonds is 14. The molecule has 0 spiro atoms. The Hall–Kier alpha value is -2.96. The van der Waals surface area contributed by atoms with Crippen molar-refractivity contribution in [1.29, 1.82) is 0 Å². The molecule has 1 atom stereocenters. The second-order valence-corrected chi connectivity index (χ2v) is 10.3. The lowest BCUT2D eigenvalue weighted by Crippen LogP contribution is -2.51. The zero-order valence-corrected chi connectivity index (χ0v) is 23.1. The van der Waals surface area contributed by atoms with E-state index in [0.717, 1.165) is 29.5 Å². The third-order valence-electron chi connectivity index (χ3n) is 6.00. The van der Waals surface area contributed by atoms with Crippen molar-refractivity contribution in [3.05, 3.63) is 101 Å². The van der Waals surface area contributed by atoms with Crippen molar-refractivity contribution < 1.29 is 14.3 Å². The first-order valence-electron chi connectivity index (χ1n) is 12.6. The Morgan fingerprint density at radius 3 is 2.41 bits per heavy atom. The number of carbonyl (C=O) groups is 2. The normalized spacial score (nSPS) is 11.5. The monoisotopic (exact) mass is 538 g/mol. The number of amides is 2. The molecule has 0 bridgehead atoms. The van der Waals surface area contributed by atoms with Crippen molar-refractivity contribution in [2.45, 2.75) is 44.5 Å².